The molecule has 0 saturated carbocycles. The van der Waals surface area contributed by atoms with Crippen LogP contribution in [0.4, 0.5) is 19.0 Å². The fourth-order valence-electron chi connectivity index (χ4n) is 1.11. The second kappa shape index (κ2) is 4.65. The predicted molar refractivity (Wildman–Crippen MR) is 51.8 cm³/mol. The van der Waals surface area contributed by atoms with Gasteiger partial charge in [0.25, 0.3) is 0 Å². The first-order valence-electron chi connectivity index (χ1n) is 4.08. The van der Waals surface area contributed by atoms with Gasteiger partial charge in [0, 0.05) is 7.05 Å². The van der Waals surface area contributed by atoms with Gasteiger partial charge < -0.3 is 4.90 Å². The minimum Gasteiger partial charge on any atom is -0.350 e. The van der Waals surface area contributed by atoms with Crippen LogP contribution in [0.25, 0.3) is 0 Å². The third-order valence-electron chi connectivity index (χ3n) is 1.71. The number of anilines is 1. The zero-order chi connectivity index (χ0) is 12.3. The van der Waals surface area contributed by atoms with Gasteiger partial charge in [-0.05, 0) is 0 Å². The van der Waals surface area contributed by atoms with Gasteiger partial charge >= 0.3 is 6.18 Å². The van der Waals surface area contributed by atoms with Crippen LogP contribution in [-0.2, 0) is 0 Å². The average molecular weight is 254 g/mol. The molecule has 0 amide bonds. The highest BCUT2D eigenvalue weighted by Gasteiger charge is 2.30. The van der Waals surface area contributed by atoms with E-state index in [1.54, 1.807) is 0 Å². The lowest BCUT2D eigenvalue weighted by Crippen LogP contribution is -2.32. The maximum atomic E-state index is 12.1. The molecule has 0 aliphatic heterocycles. The quantitative estimate of drug-likeness (QED) is 0.610. The van der Waals surface area contributed by atoms with Gasteiger partial charge in [0.1, 0.15) is 23.8 Å². The third kappa shape index (κ3) is 3.06. The average Bonchev–Trinajstić information content (AvgIpc) is 2.14. The number of aldehydes is 1. The van der Waals surface area contributed by atoms with Gasteiger partial charge in [0.05, 0.1) is 5.56 Å². The first kappa shape index (κ1) is 12.7. The minimum atomic E-state index is -4.38. The van der Waals surface area contributed by atoms with Crippen molar-refractivity contribution >= 4 is 23.7 Å². The monoisotopic (exact) mass is 253 g/mol. The van der Waals surface area contributed by atoms with E-state index in [1.165, 1.54) is 7.05 Å². The van der Waals surface area contributed by atoms with Crippen molar-refractivity contribution in [3.8, 4) is 0 Å². The maximum absolute atomic E-state index is 12.1. The number of halogens is 4. The molecular weight excluding hydrogens is 247 g/mol. The lowest BCUT2D eigenvalue weighted by Gasteiger charge is -2.20. The fourth-order valence-corrected chi connectivity index (χ4v) is 1.29. The molecule has 0 saturated heterocycles. The number of carbonyl (C=O) groups excluding carboxylic acids is 1. The van der Waals surface area contributed by atoms with Crippen LogP contribution in [0.2, 0.25) is 5.15 Å². The molecule has 0 fully saturated rings. The Kier molecular flexibility index (Phi) is 3.69. The number of aromatic nitrogens is 2. The van der Waals surface area contributed by atoms with Crippen LogP contribution in [0.1, 0.15) is 10.4 Å². The normalized spacial score (nSPS) is 11.3. The highest BCUT2D eigenvalue weighted by molar-refractivity contribution is 6.32. The molecule has 0 spiro atoms. The van der Waals surface area contributed by atoms with Crippen LogP contribution >= 0.6 is 11.6 Å². The number of hydrogen-bond donors (Lipinski definition) is 0. The summed E-state index contributed by atoms with van der Waals surface area (Å²) in [6, 6.07) is 0. The number of hydrogen-bond acceptors (Lipinski definition) is 4. The first-order valence-corrected chi connectivity index (χ1v) is 4.46. The van der Waals surface area contributed by atoms with E-state index < -0.39 is 12.7 Å². The van der Waals surface area contributed by atoms with Crippen molar-refractivity contribution in [1.82, 2.24) is 9.97 Å². The highest BCUT2D eigenvalue weighted by atomic mass is 35.5. The van der Waals surface area contributed by atoms with E-state index in [0.717, 1.165) is 11.2 Å². The molecular formula is C8H7ClF3N3O. The van der Waals surface area contributed by atoms with E-state index >= 15 is 0 Å². The number of carbonyl (C=O) groups is 1. The van der Waals surface area contributed by atoms with Gasteiger partial charge in [-0.1, -0.05) is 11.6 Å². The summed E-state index contributed by atoms with van der Waals surface area (Å²) < 4.78 is 36.4. The maximum Gasteiger partial charge on any atom is 0.405 e. The molecule has 0 N–H and O–H groups in total. The summed E-state index contributed by atoms with van der Waals surface area (Å²) in [6.07, 6.45) is -3.06. The lowest BCUT2D eigenvalue weighted by molar-refractivity contribution is -0.119. The number of rotatable bonds is 3. The molecule has 0 atom stereocenters. The Balaban J connectivity index is 3.04. The topological polar surface area (TPSA) is 46.1 Å². The molecule has 88 valence electrons. The van der Waals surface area contributed by atoms with Gasteiger partial charge in [-0.2, -0.15) is 13.2 Å². The fraction of sp³-hybridized carbons (Fsp3) is 0.375. The van der Waals surface area contributed by atoms with E-state index in [9.17, 15) is 18.0 Å². The van der Waals surface area contributed by atoms with Crippen LogP contribution in [0, 0.1) is 0 Å². The van der Waals surface area contributed by atoms with Gasteiger partial charge in [0.2, 0.25) is 0 Å². The van der Waals surface area contributed by atoms with Crippen LogP contribution in [-0.4, -0.2) is 36.0 Å². The second-order valence-corrected chi connectivity index (χ2v) is 3.35. The second-order valence-electron chi connectivity index (χ2n) is 2.99. The Morgan fingerprint density at radius 1 is 1.50 bits per heavy atom. The van der Waals surface area contributed by atoms with Gasteiger partial charge in [-0.3, -0.25) is 4.79 Å². The summed E-state index contributed by atoms with van der Waals surface area (Å²) in [6.45, 7) is -1.22. The molecule has 16 heavy (non-hydrogen) atoms. The van der Waals surface area contributed by atoms with E-state index in [4.69, 9.17) is 11.6 Å². The molecule has 1 aromatic rings. The summed E-state index contributed by atoms with van der Waals surface area (Å²) in [5.41, 5.74) is -0.157. The molecule has 0 bridgehead atoms. The Labute approximate surface area is 94.1 Å². The van der Waals surface area contributed by atoms with Crippen LogP contribution in [0.5, 0.6) is 0 Å². The smallest absolute Gasteiger partial charge is 0.350 e. The van der Waals surface area contributed by atoms with Crippen molar-refractivity contribution in [2.45, 2.75) is 6.18 Å². The Hall–Kier alpha value is -1.37. The molecule has 0 aromatic carbocycles. The van der Waals surface area contributed by atoms with Gasteiger partial charge in [0.15, 0.2) is 6.29 Å². The first-order chi connectivity index (χ1) is 7.35. The van der Waals surface area contributed by atoms with Crippen molar-refractivity contribution in [3.63, 3.8) is 0 Å². The van der Waals surface area contributed by atoms with Crippen LogP contribution < -0.4 is 4.90 Å². The third-order valence-corrected chi connectivity index (χ3v) is 2.01. The van der Waals surface area contributed by atoms with Crippen molar-refractivity contribution in [2.75, 3.05) is 18.5 Å². The lowest BCUT2D eigenvalue weighted by atomic mass is 10.3. The van der Waals surface area contributed by atoms with E-state index in [2.05, 4.69) is 9.97 Å². The predicted octanol–water partition coefficient (Wildman–Crippen LogP) is 1.94. The van der Waals surface area contributed by atoms with Gasteiger partial charge in [-0.15, -0.1) is 0 Å². The molecule has 1 aromatic heterocycles. The Morgan fingerprint density at radius 3 is 2.62 bits per heavy atom. The van der Waals surface area contributed by atoms with Crippen molar-refractivity contribution in [1.29, 1.82) is 0 Å². The molecule has 0 radical (unpaired) electrons. The molecule has 8 heteroatoms. The largest absolute Gasteiger partial charge is 0.405 e. The van der Waals surface area contributed by atoms with E-state index in [1.807, 2.05) is 0 Å². The summed E-state index contributed by atoms with van der Waals surface area (Å²) in [7, 11) is 1.17. The molecule has 0 aliphatic carbocycles. The molecule has 1 rings (SSSR count). The SMILES string of the molecule is CN(CC(F)(F)F)c1ncnc(Cl)c1C=O. The van der Waals surface area contributed by atoms with Crippen molar-refractivity contribution in [3.05, 3.63) is 17.0 Å². The summed E-state index contributed by atoms with van der Waals surface area (Å²) in [5, 5.41) is -0.172. The Morgan fingerprint density at radius 2 is 2.12 bits per heavy atom. The van der Waals surface area contributed by atoms with Crippen molar-refractivity contribution in [2.24, 2.45) is 0 Å². The molecule has 1 heterocycles. The van der Waals surface area contributed by atoms with Crippen LogP contribution in [0.15, 0.2) is 6.33 Å². The summed E-state index contributed by atoms with van der Waals surface area (Å²) in [4.78, 5) is 18.5. The highest BCUT2D eigenvalue weighted by Crippen LogP contribution is 2.24. The number of alkyl halides is 3. The standard InChI is InChI=1S/C8H7ClF3N3O/c1-15(3-8(10,11)12)7-5(2-16)6(9)13-4-14-7/h2,4H,3H2,1H3. The van der Waals surface area contributed by atoms with Crippen molar-refractivity contribution < 1.29 is 18.0 Å². The zero-order valence-corrected chi connectivity index (χ0v) is 8.88. The molecule has 0 unspecified atom stereocenters. The molecule has 0 aliphatic rings. The Bertz CT molecular complexity index is 397. The van der Waals surface area contributed by atoms with Crippen LogP contribution in [0.3, 0.4) is 0 Å². The zero-order valence-electron chi connectivity index (χ0n) is 8.12. The number of nitrogens with zero attached hydrogens (tertiary/aromatic N) is 3. The summed E-state index contributed by atoms with van der Waals surface area (Å²) >= 11 is 5.55. The van der Waals surface area contributed by atoms with Gasteiger partial charge in [-0.25, -0.2) is 9.97 Å². The van der Waals surface area contributed by atoms with E-state index in [-0.39, 0.29) is 16.5 Å². The van der Waals surface area contributed by atoms with E-state index in [0.29, 0.717) is 6.29 Å². The molecule has 4 nitrogen and oxygen atoms in total. The minimum absolute atomic E-state index is 0.146. The summed E-state index contributed by atoms with van der Waals surface area (Å²) in [5.74, 6) is -0.146.